The summed E-state index contributed by atoms with van der Waals surface area (Å²) in [7, 11) is 0. The van der Waals surface area contributed by atoms with Gasteiger partial charge in [-0.05, 0) is 12.8 Å². The number of carbonyl (C=O) groups is 1. The Balaban J connectivity index is 2.23. The molecule has 0 unspecified atom stereocenters. The van der Waals surface area contributed by atoms with Crippen LogP contribution < -0.4 is 0 Å². The third-order valence-corrected chi connectivity index (χ3v) is 3.58. The lowest BCUT2D eigenvalue weighted by atomic mass is 9.74. The van der Waals surface area contributed by atoms with E-state index >= 15 is 0 Å². The molecule has 2 fully saturated rings. The Labute approximate surface area is 69.7 Å². The van der Waals surface area contributed by atoms with Crippen molar-refractivity contribution in [2.45, 2.75) is 23.6 Å². The summed E-state index contributed by atoms with van der Waals surface area (Å²) in [4.78, 5) is 11.1. The molecule has 0 aliphatic heterocycles. The van der Waals surface area contributed by atoms with Crippen LogP contribution in [0.15, 0.2) is 0 Å². The highest BCUT2D eigenvalue weighted by molar-refractivity contribution is 6.60. The third-order valence-electron chi connectivity index (χ3n) is 2.65. The first-order valence-electron chi connectivity index (χ1n) is 3.56. The topological polar surface area (TPSA) is 17.1 Å². The van der Waals surface area contributed by atoms with Crippen molar-refractivity contribution in [2.24, 2.45) is 11.8 Å². The Bertz CT molecular complexity index is 188. The molecule has 2 aliphatic carbocycles. The van der Waals surface area contributed by atoms with Crippen LogP contribution in [0.2, 0.25) is 0 Å². The number of ketones is 1. The number of Topliss-reactive ketones (excluding diaryl/α,β-unsaturated/α-hetero) is 1. The second kappa shape index (κ2) is 1.89. The van der Waals surface area contributed by atoms with E-state index in [4.69, 9.17) is 23.2 Å². The number of rotatable bonds is 0. The van der Waals surface area contributed by atoms with Gasteiger partial charge >= 0.3 is 0 Å². The summed E-state index contributed by atoms with van der Waals surface area (Å²) in [5.41, 5.74) is 0. The summed E-state index contributed by atoms with van der Waals surface area (Å²) in [6, 6.07) is 0. The van der Waals surface area contributed by atoms with Gasteiger partial charge in [0, 0.05) is 11.8 Å². The maximum absolute atomic E-state index is 11.1. The van der Waals surface area contributed by atoms with Crippen LogP contribution in [0, 0.1) is 11.8 Å². The molecule has 0 aromatic heterocycles. The van der Waals surface area contributed by atoms with E-state index in [-0.39, 0.29) is 17.6 Å². The molecule has 0 spiro atoms. The van der Waals surface area contributed by atoms with Crippen molar-refractivity contribution < 1.29 is 4.79 Å². The quantitative estimate of drug-likeness (QED) is 0.520. The van der Waals surface area contributed by atoms with Crippen LogP contribution in [0.3, 0.4) is 0 Å². The van der Waals surface area contributed by atoms with Gasteiger partial charge in [0.2, 0.25) is 0 Å². The molecule has 56 valence electrons. The zero-order chi connectivity index (χ0) is 7.35. The fraction of sp³-hybridized carbons (Fsp3) is 0.857. The third kappa shape index (κ3) is 0.629. The van der Waals surface area contributed by atoms with Crippen molar-refractivity contribution >= 4 is 29.0 Å². The first-order chi connectivity index (χ1) is 4.64. The van der Waals surface area contributed by atoms with E-state index in [1.807, 2.05) is 0 Å². The Morgan fingerprint density at radius 3 is 2.70 bits per heavy atom. The van der Waals surface area contributed by atoms with E-state index in [0.29, 0.717) is 0 Å². The SMILES string of the molecule is O=C1[C@H]2CCC[C@H]2C1(Cl)Cl. The monoisotopic (exact) mass is 178 g/mol. The second-order valence-electron chi connectivity index (χ2n) is 3.13. The molecule has 3 heteroatoms. The van der Waals surface area contributed by atoms with Gasteiger partial charge in [-0.3, -0.25) is 4.79 Å². The van der Waals surface area contributed by atoms with Crippen LogP contribution >= 0.6 is 23.2 Å². The normalized spacial score (nSPS) is 42.8. The summed E-state index contributed by atoms with van der Waals surface area (Å²) in [6.45, 7) is 0. The van der Waals surface area contributed by atoms with Gasteiger partial charge in [0.25, 0.3) is 0 Å². The molecular weight excluding hydrogens is 171 g/mol. The molecule has 2 rings (SSSR count). The van der Waals surface area contributed by atoms with Gasteiger partial charge in [-0.2, -0.15) is 0 Å². The standard InChI is InChI=1S/C7H8Cl2O/c8-7(9)5-3-1-2-4(5)6(7)10/h4-5H,1-3H2/t4-,5+/m0/s1. The minimum atomic E-state index is -1.01. The maximum Gasteiger partial charge on any atom is 0.179 e. The molecule has 0 bridgehead atoms. The fourth-order valence-corrected chi connectivity index (χ4v) is 2.84. The largest absolute Gasteiger partial charge is 0.296 e. The van der Waals surface area contributed by atoms with Gasteiger partial charge in [-0.25, -0.2) is 0 Å². The highest BCUT2D eigenvalue weighted by atomic mass is 35.5. The Morgan fingerprint density at radius 1 is 1.40 bits per heavy atom. The van der Waals surface area contributed by atoms with E-state index < -0.39 is 4.33 Å². The smallest absolute Gasteiger partial charge is 0.179 e. The van der Waals surface area contributed by atoms with Crippen LogP contribution in [-0.2, 0) is 4.79 Å². The van der Waals surface area contributed by atoms with Crippen molar-refractivity contribution in [2.75, 3.05) is 0 Å². The van der Waals surface area contributed by atoms with Crippen molar-refractivity contribution in [3.8, 4) is 0 Å². The van der Waals surface area contributed by atoms with Gasteiger partial charge in [0.05, 0.1) is 0 Å². The van der Waals surface area contributed by atoms with Gasteiger partial charge in [0.1, 0.15) is 0 Å². The molecule has 0 saturated heterocycles. The van der Waals surface area contributed by atoms with Crippen molar-refractivity contribution in [1.29, 1.82) is 0 Å². The number of halogens is 2. The number of hydrogen-bond donors (Lipinski definition) is 0. The van der Waals surface area contributed by atoms with Crippen LogP contribution in [-0.4, -0.2) is 10.1 Å². The summed E-state index contributed by atoms with van der Waals surface area (Å²) >= 11 is 11.5. The molecular formula is C7H8Cl2O. The molecule has 2 aliphatic rings. The molecule has 1 nitrogen and oxygen atoms in total. The van der Waals surface area contributed by atoms with E-state index in [9.17, 15) is 4.79 Å². The molecule has 0 N–H and O–H groups in total. The molecule has 0 amide bonds. The summed E-state index contributed by atoms with van der Waals surface area (Å²) in [6.07, 6.45) is 3.15. The zero-order valence-electron chi connectivity index (χ0n) is 5.44. The lowest BCUT2D eigenvalue weighted by Crippen LogP contribution is -2.53. The van der Waals surface area contributed by atoms with E-state index in [0.717, 1.165) is 19.3 Å². The summed E-state index contributed by atoms with van der Waals surface area (Å²) in [5, 5.41) is 0. The van der Waals surface area contributed by atoms with Gasteiger partial charge in [0.15, 0.2) is 10.1 Å². The van der Waals surface area contributed by atoms with E-state index in [2.05, 4.69) is 0 Å². The zero-order valence-corrected chi connectivity index (χ0v) is 6.95. The van der Waals surface area contributed by atoms with Crippen molar-refractivity contribution in [3.05, 3.63) is 0 Å². The number of alkyl halides is 2. The average Bonchev–Trinajstić information content (AvgIpc) is 2.31. The van der Waals surface area contributed by atoms with E-state index in [1.54, 1.807) is 0 Å². The summed E-state index contributed by atoms with van der Waals surface area (Å²) in [5.74, 6) is 0.525. The molecule has 0 aromatic rings. The number of hydrogen-bond acceptors (Lipinski definition) is 1. The van der Waals surface area contributed by atoms with E-state index in [1.165, 1.54) is 0 Å². The first kappa shape index (κ1) is 6.93. The van der Waals surface area contributed by atoms with Gasteiger partial charge < -0.3 is 0 Å². The molecule has 10 heavy (non-hydrogen) atoms. The predicted octanol–water partition coefficient (Wildman–Crippen LogP) is 2.16. The minimum absolute atomic E-state index is 0.0540. The maximum atomic E-state index is 11.1. The Kier molecular flexibility index (Phi) is 1.31. The lowest BCUT2D eigenvalue weighted by molar-refractivity contribution is -0.133. The Hall–Kier alpha value is 0.250. The summed E-state index contributed by atoms with van der Waals surface area (Å²) < 4.78 is -1.01. The first-order valence-corrected chi connectivity index (χ1v) is 4.32. The molecule has 2 atom stereocenters. The second-order valence-corrected chi connectivity index (χ2v) is 4.52. The lowest BCUT2D eigenvalue weighted by Gasteiger charge is -2.41. The van der Waals surface area contributed by atoms with Gasteiger partial charge in [-0.15, -0.1) is 0 Å². The minimum Gasteiger partial charge on any atom is -0.296 e. The van der Waals surface area contributed by atoms with Gasteiger partial charge in [-0.1, -0.05) is 29.6 Å². The molecule has 2 saturated carbocycles. The fourth-order valence-electron chi connectivity index (χ4n) is 2.04. The molecule has 0 aromatic carbocycles. The predicted molar refractivity (Wildman–Crippen MR) is 40.3 cm³/mol. The Morgan fingerprint density at radius 2 is 2.10 bits per heavy atom. The van der Waals surface area contributed by atoms with Crippen LogP contribution in [0.25, 0.3) is 0 Å². The van der Waals surface area contributed by atoms with Crippen LogP contribution in [0.5, 0.6) is 0 Å². The van der Waals surface area contributed by atoms with Crippen molar-refractivity contribution in [3.63, 3.8) is 0 Å². The number of carbonyl (C=O) groups excluding carboxylic acids is 1. The van der Waals surface area contributed by atoms with Crippen LogP contribution in [0.1, 0.15) is 19.3 Å². The highest BCUT2D eigenvalue weighted by Gasteiger charge is 2.61. The molecule has 0 heterocycles. The average molecular weight is 179 g/mol. The van der Waals surface area contributed by atoms with Crippen molar-refractivity contribution in [1.82, 2.24) is 0 Å². The number of fused-ring (bicyclic) bond motifs is 1. The van der Waals surface area contributed by atoms with Crippen LogP contribution in [0.4, 0.5) is 0 Å². The molecule has 0 radical (unpaired) electrons. The highest BCUT2D eigenvalue weighted by Crippen LogP contribution is 2.56.